The molecule has 0 aliphatic carbocycles. The Morgan fingerprint density at radius 1 is 0.942 bits per heavy atom. The van der Waals surface area contributed by atoms with Crippen molar-refractivity contribution in [2.45, 2.75) is 69.8 Å². The van der Waals surface area contributed by atoms with Crippen LogP contribution in [0.5, 0.6) is 5.75 Å². The van der Waals surface area contributed by atoms with E-state index in [1.165, 1.54) is 17.0 Å². The van der Waals surface area contributed by atoms with Crippen LogP contribution in [0.15, 0.2) is 96.3 Å². The van der Waals surface area contributed by atoms with Crippen LogP contribution in [0.1, 0.15) is 45.6 Å². The normalized spacial score (nSPS) is 15.7. The third-order valence-electron chi connectivity index (χ3n) is 8.33. The number of carbonyl (C=O) groups excluding carboxylic acids is 1. The average Bonchev–Trinajstić information content (AvgIpc) is 3.56. The molecule has 1 saturated heterocycles. The molecule has 2 aromatic carbocycles. The van der Waals surface area contributed by atoms with Gasteiger partial charge in [0.25, 0.3) is 10.1 Å². The van der Waals surface area contributed by atoms with Gasteiger partial charge in [-0.05, 0) is 88.9 Å². The van der Waals surface area contributed by atoms with Crippen LogP contribution in [0.4, 0.5) is 10.6 Å². The maximum absolute atomic E-state index is 12.9. The standard InChI is InChI=1S/C39H44N4O8S/c1-27-9-17-33(18-10-27)52(45,46)49-26-32(50-37-8-6-7-21-47-37)25-48-31-16-20-36-41-34(24-43(36)23-31)29-13-11-28(12-14-29)30-15-19-35(40-22-30)42(5)38(44)51-39(2,3)4/h9-20,22-24,32,37H,6-8,21,25-26H2,1-5H3. The van der Waals surface area contributed by atoms with E-state index >= 15 is 0 Å². The van der Waals surface area contributed by atoms with Gasteiger partial charge in [0.2, 0.25) is 0 Å². The minimum absolute atomic E-state index is 0.0466. The van der Waals surface area contributed by atoms with Crippen LogP contribution in [0.25, 0.3) is 28.0 Å². The molecule has 2 atom stereocenters. The van der Waals surface area contributed by atoms with Gasteiger partial charge >= 0.3 is 6.09 Å². The molecule has 0 bridgehead atoms. The van der Waals surface area contributed by atoms with E-state index in [4.69, 9.17) is 28.1 Å². The number of rotatable bonds is 12. The second kappa shape index (κ2) is 15.8. The van der Waals surface area contributed by atoms with E-state index in [1.54, 1.807) is 31.4 Å². The van der Waals surface area contributed by atoms with Crippen molar-refractivity contribution in [3.8, 4) is 28.1 Å². The van der Waals surface area contributed by atoms with E-state index in [9.17, 15) is 13.2 Å². The summed E-state index contributed by atoms with van der Waals surface area (Å²) in [6.45, 7) is 7.76. The van der Waals surface area contributed by atoms with Crippen LogP contribution in [0, 0.1) is 6.92 Å². The fourth-order valence-electron chi connectivity index (χ4n) is 5.50. The Kier molecular flexibility index (Phi) is 11.2. The molecule has 1 aliphatic rings. The molecule has 2 unspecified atom stereocenters. The largest absolute Gasteiger partial charge is 0.489 e. The third kappa shape index (κ3) is 9.53. The van der Waals surface area contributed by atoms with Crippen LogP contribution >= 0.6 is 0 Å². The van der Waals surface area contributed by atoms with E-state index in [-0.39, 0.29) is 18.1 Å². The number of aryl methyl sites for hydroxylation is 1. The number of nitrogens with zero attached hydrogens (tertiary/aromatic N) is 4. The zero-order valence-corrected chi connectivity index (χ0v) is 30.8. The first-order chi connectivity index (χ1) is 24.8. The Morgan fingerprint density at radius 2 is 1.67 bits per heavy atom. The summed E-state index contributed by atoms with van der Waals surface area (Å²) in [6.07, 6.45) is 6.46. The number of carbonyl (C=O) groups is 1. The van der Waals surface area contributed by atoms with Crippen molar-refractivity contribution in [2.75, 3.05) is 31.8 Å². The molecule has 0 saturated carbocycles. The highest BCUT2D eigenvalue weighted by molar-refractivity contribution is 7.86. The predicted octanol–water partition coefficient (Wildman–Crippen LogP) is 7.44. The molecule has 274 valence electrons. The number of benzene rings is 2. The van der Waals surface area contributed by atoms with Crippen LogP contribution in [0.3, 0.4) is 0 Å². The van der Waals surface area contributed by atoms with Crippen molar-refractivity contribution in [2.24, 2.45) is 0 Å². The highest BCUT2D eigenvalue weighted by atomic mass is 32.2. The molecule has 1 amide bonds. The van der Waals surface area contributed by atoms with E-state index in [1.807, 2.05) is 87.0 Å². The van der Waals surface area contributed by atoms with E-state index in [2.05, 4.69) is 4.98 Å². The zero-order chi connectivity index (χ0) is 36.9. The van der Waals surface area contributed by atoms with Crippen molar-refractivity contribution in [3.05, 3.63) is 97.0 Å². The van der Waals surface area contributed by atoms with Crippen LogP contribution < -0.4 is 9.64 Å². The van der Waals surface area contributed by atoms with Gasteiger partial charge in [0.15, 0.2) is 6.29 Å². The second-order valence-electron chi connectivity index (χ2n) is 13.7. The average molecular weight is 729 g/mol. The number of pyridine rings is 2. The molecule has 6 rings (SSSR count). The number of aromatic nitrogens is 3. The van der Waals surface area contributed by atoms with Gasteiger partial charge in [-0.3, -0.25) is 9.08 Å². The summed E-state index contributed by atoms with van der Waals surface area (Å²) in [5.41, 5.74) is 4.66. The summed E-state index contributed by atoms with van der Waals surface area (Å²) in [6, 6.07) is 21.9. The highest BCUT2D eigenvalue weighted by Crippen LogP contribution is 2.27. The first kappa shape index (κ1) is 37.0. The molecule has 13 heteroatoms. The number of fused-ring (bicyclic) bond motifs is 1. The summed E-state index contributed by atoms with van der Waals surface area (Å²) in [7, 11) is -2.36. The molecule has 5 aromatic rings. The highest BCUT2D eigenvalue weighted by Gasteiger charge is 2.25. The van der Waals surface area contributed by atoms with Gasteiger partial charge in [0, 0.05) is 37.2 Å². The zero-order valence-electron chi connectivity index (χ0n) is 30.0. The number of hydrogen-bond donors (Lipinski definition) is 0. The summed E-state index contributed by atoms with van der Waals surface area (Å²) in [5, 5.41) is 0. The summed E-state index contributed by atoms with van der Waals surface area (Å²) in [4.78, 5) is 23.1. The lowest BCUT2D eigenvalue weighted by Gasteiger charge is -2.27. The quantitative estimate of drug-likeness (QED) is 0.120. The van der Waals surface area contributed by atoms with Crippen molar-refractivity contribution in [3.63, 3.8) is 0 Å². The molecular formula is C39H44N4O8S. The smallest absolute Gasteiger partial charge is 0.415 e. The van der Waals surface area contributed by atoms with Crippen LogP contribution in [-0.4, -0.2) is 73.7 Å². The number of amides is 1. The predicted molar refractivity (Wildman–Crippen MR) is 197 cm³/mol. The van der Waals surface area contributed by atoms with Crippen molar-refractivity contribution in [1.29, 1.82) is 0 Å². The number of anilines is 1. The van der Waals surface area contributed by atoms with E-state index < -0.39 is 34.2 Å². The molecule has 3 aromatic heterocycles. The molecule has 0 radical (unpaired) electrons. The molecule has 1 fully saturated rings. The SMILES string of the molecule is Cc1ccc(S(=O)(=O)OCC(COc2ccc3nc(-c4ccc(-c5ccc(N(C)C(=O)OC(C)(C)C)nc5)cc4)cn3c2)OC2CCCCO2)cc1. The van der Waals surface area contributed by atoms with Gasteiger partial charge < -0.3 is 23.3 Å². The van der Waals surface area contributed by atoms with Gasteiger partial charge in [-0.15, -0.1) is 0 Å². The van der Waals surface area contributed by atoms with Gasteiger partial charge in [0.1, 0.15) is 35.5 Å². The van der Waals surface area contributed by atoms with E-state index in [0.29, 0.717) is 24.6 Å². The first-order valence-corrected chi connectivity index (χ1v) is 18.6. The molecule has 12 nitrogen and oxygen atoms in total. The van der Waals surface area contributed by atoms with E-state index in [0.717, 1.165) is 46.4 Å². The Morgan fingerprint density at radius 3 is 2.35 bits per heavy atom. The number of imidazole rings is 1. The summed E-state index contributed by atoms with van der Waals surface area (Å²) >= 11 is 0. The number of hydrogen-bond acceptors (Lipinski definition) is 10. The molecule has 52 heavy (non-hydrogen) atoms. The second-order valence-corrected chi connectivity index (χ2v) is 15.3. The lowest BCUT2D eigenvalue weighted by Crippen LogP contribution is -2.35. The van der Waals surface area contributed by atoms with Gasteiger partial charge in [0.05, 0.1) is 23.4 Å². The number of ether oxygens (including phenoxy) is 4. The monoisotopic (exact) mass is 728 g/mol. The lowest BCUT2D eigenvalue weighted by atomic mass is 10.0. The van der Waals surface area contributed by atoms with Crippen LogP contribution in [-0.2, 0) is 28.5 Å². The van der Waals surface area contributed by atoms with Gasteiger partial charge in [-0.2, -0.15) is 8.42 Å². The molecule has 0 spiro atoms. The Bertz CT molecular complexity index is 2070. The molecule has 0 N–H and O–H groups in total. The fraction of sp³-hybridized carbons (Fsp3) is 0.359. The third-order valence-corrected chi connectivity index (χ3v) is 9.63. The minimum atomic E-state index is -3.99. The maximum atomic E-state index is 12.9. The maximum Gasteiger partial charge on any atom is 0.415 e. The minimum Gasteiger partial charge on any atom is -0.489 e. The first-order valence-electron chi connectivity index (χ1n) is 17.2. The summed E-state index contributed by atoms with van der Waals surface area (Å²) in [5.74, 6) is 1.04. The Hall–Kier alpha value is -4.82. The van der Waals surface area contributed by atoms with Gasteiger partial charge in [-0.1, -0.05) is 42.0 Å². The van der Waals surface area contributed by atoms with Crippen LogP contribution in [0.2, 0.25) is 0 Å². The Balaban J connectivity index is 1.10. The van der Waals surface area contributed by atoms with Gasteiger partial charge in [-0.25, -0.2) is 14.8 Å². The Labute approximate surface area is 304 Å². The fourth-order valence-corrected chi connectivity index (χ4v) is 6.43. The van der Waals surface area contributed by atoms with Crippen molar-refractivity contribution < 1.29 is 36.3 Å². The van der Waals surface area contributed by atoms with Crippen molar-refractivity contribution >= 4 is 27.7 Å². The molecular weight excluding hydrogens is 685 g/mol. The summed E-state index contributed by atoms with van der Waals surface area (Å²) < 4.78 is 56.5. The van der Waals surface area contributed by atoms with Crippen molar-refractivity contribution in [1.82, 2.24) is 14.4 Å². The molecule has 1 aliphatic heterocycles. The topological polar surface area (TPSA) is 131 Å². The molecule has 4 heterocycles. The lowest BCUT2D eigenvalue weighted by molar-refractivity contribution is -0.198.